The van der Waals surface area contributed by atoms with Crippen LogP contribution in [0.3, 0.4) is 0 Å². The third-order valence-electron chi connectivity index (χ3n) is 11.4. The molecule has 0 amide bonds. The van der Waals surface area contributed by atoms with Gasteiger partial charge in [-0.05, 0) is 87.3 Å². The number of aromatic nitrogens is 4. The van der Waals surface area contributed by atoms with Crippen LogP contribution in [0.15, 0.2) is 199 Å². The van der Waals surface area contributed by atoms with Gasteiger partial charge < -0.3 is 8.98 Å². The van der Waals surface area contributed by atoms with Crippen LogP contribution in [0.2, 0.25) is 0 Å². The van der Waals surface area contributed by atoms with Gasteiger partial charge in [-0.1, -0.05) is 133 Å². The summed E-state index contributed by atoms with van der Waals surface area (Å²) in [5.74, 6) is 1.84. The number of furan rings is 1. The van der Waals surface area contributed by atoms with Crippen LogP contribution in [0.1, 0.15) is 0 Å². The molecule has 58 heavy (non-hydrogen) atoms. The van der Waals surface area contributed by atoms with Crippen molar-refractivity contribution in [3.63, 3.8) is 0 Å². The lowest BCUT2D eigenvalue weighted by molar-refractivity contribution is 0.668. The van der Waals surface area contributed by atoms with Gasteiger partial charge in [-0.25, -0.2) is 15.0 Å². The van der Waals surface area contributed by atoms with Crippen LogP contribution in [-0.4, -0.2) is 19.5 Å². The number of rotatable bonds is 5. The summed E-state index contributed by atoms with van der Waals surface area (Å²) in [7, 11) is 0. The van der Waals surface area contributed by atoms with Crippen molar-refractivity contribution in [2.75, 3.05) is 0 Å². The molecule has 0 spiro atoms. The van der Waals surface area contributed by atoms with Gasteiger partial charge in [0.25, 0.3) is 0 Å². The second-order valence-electron chi connectivity index (χ2n) is 14.9. The van der Waals surface area contributed by atoms with Crippen molar-refractivity contribution in [1.29, 1.82) is 0 Å². The van der Waals surface area contributed by atoms with Crippen LogP contribution in [0, 0.1) is 0 Å². The molecule has 0 saturated heterocycles. The second-order valence-corrected chi connectivity index (χ2v) is 14.9. The van der Waals surface area contributed by atoms with E-state index in [2.05, 4.69) is 168 Å². The summed E-state index contributed by atoms with van der Waals surface area (Å²) in [5, 5.41) is 9.27. The van der Waals surface area contributed by atoms with E-state index in [-0.39, 0.29) is 0 Å². The van der Waals surface area contributed by atoms with Crippen LogP contribution >= 0.6 is 0 Å². The third-order valence-corrected chi connectivity index (χ3v) is 11.4. The zero-order valence-electron chi connectivity index (χ0n) is 31.2. The molecule has 0 bridgehead atoms. The van der Waals surface area contributed by atoms with Gasteiger partial charge in [0, 0.05) is 50.0 Å². The number of nitrogens with zero attached hydrogens (tertiary/aromatic N) is 4. The van der Waals surface area contributed by atoms with E-state index in [0.29, 0.717) is 17.5 Å². The van der Waals surface area contributed by atoms with Crippen molar-refractivity contribution in [1.82, 2.24) is 19.5 Å². The molecular formula is C53H32N4O. The molecule has 0 unspecified atom stereocenters. The first-order valence-electron chi connectivity index (χ1n) is 19.5. The number of hydrogen-bond acceptors (Lipinski definition) is 4. The molecule has 0 aliphatic heterocycles. The van der Waals surface area contributed by atoms with Crippen molar-refractivity contribution in [2.45, 2.75) is 0 Å². The summed E-state index contributed by atoms with van der Waals surface area (Å²) in [6.45, 7) is 0. The van der Waals surface area contributed by atoms with Crippen LogP contribution < -0.4 is 0 Å². The second kappa shape index (κ2) is 12.8. The zero-order chi connectivity index (χ0) is 38.2. The highest BCUT2D eigenvalue weighted by atomic mass is 16.3. The van der Waals surface area contributed by atoms with E-state index in [1.54, 1.807) is 0 Å². The Morgan fingerprint density at radius 1 is 0.310 bits per heavy atom. The Morgan fingerprint density at radius 3 is 1.59 bits per heavy atom. The van der Waals surface area contributed by atoms with Gasteiger partial charge >= 0.3 is 0 Å². The van der Waals surface area contributed by atoms with Gasteiger partial charge in [0.05, 0.1) is 11.0 Å². The predicted octanol–water partition coefficient (Wildman–Crippen LogP) is 13.8. The fourth-order valence-electron chi connectivity index (χ4n) is 8.52. The van der Waals surface area contributed by atoms with Crippen LogP contribution in [0.25, 0.3) is 116 Å². The van der Waals surface area contributed by atoms with Gasteiger partial charge in [0.2, 0.25) is 0 Å². The van der Waals surface area contributed by atoms with E-state index in [0.717, 1.165) is 60.7 Å². The van der Waals surface area contributed by atoms with E-state index in [4.69, 9.17) is 19.4 Å². The Hall–Kier alpha value is -7.89. The summed E-state index contributed by atoms with van der Waals surface area (Å²) in [4.78, 5) is 15.0. The van der Waals surface area contributed by atoms with E-state index < -0.39 is 0 Å². The lowest BCUT2D eigenvalue weighted by atomic mass is 10.0. The Morgan fingerprint density at radius 2 is 0.845 bits per heavy atom. The maximum Gasteiger partial charge on any atom is 0.164 e. The molecule has 3 heterocycles. The van der Waals surface area contributed by atoms with Crippen LogP contribution in [-0.2, 0) is 0 Å². The normalized spacial score (nSPS) is 11.8. The molecule has 0 radical (unpaired) electrons. The number of fused-ring (bicyclic) bond motifs is 8. The Kier molecular flexibility index (Phi) is 7.16. The SMILES string of the molecule is c1ccc(-c2ccc3c(c2)c2cc4ccccc4cc2n3-c2ccc3c(c2)oc2cc(-c4nc(-c5ccccc5)nc(-c5ccc6ccccc6c5)n4)ccc23)cc1. The van der Waals surface area contributed by atoms with E-state index >= 15 is 0 Å². The first-order valence-corrected chi connectivity index (χ1v) is 19.5. The molecule has 0 atom stereocenters. The predicted molar refractivity (Wildman–Crippen MR) is 238 cm³/mol. The molecule has 12 rings (SSSR count). The van der Waals surface area contributed by atoms with Gasteiger partial charge in [-0.2, -0.15) is 0 Å². The van der Waals surface area contributed by atoms with Crippen LogP contribution in [0.5, 0.6) is 0 Å². The molecule has 270 valence electrons. The van der Waals surface area contributed by atoms with Crippen molar-refractivity contribution in [3.8, 4) is 51.0 Å². The quantitative estimate of drug-likeness (QED) is 0.176. The van der Waals surface area contributed by atoms with E-state index in [1.807, 2.05) is 30.3 Å². The van der Waals surface area contributed by atoms with Crippen molar-refractivity contribution < 1.29 is 4.42 Å². The smallest absolute Gasteiger partial charge is 0.164 e. The molecule has 5 heteroatoms. The Balaban J connectivity index is 1.00. The highest BCUT2D eigenvalue weighted by Gasteiger charge is 2.18. The maximum atomic E-state index is 6.72. The molecule has 5 nitrogen and oxygen atoms in total. The number of benzene rings is 9. The van der Waals surface area contributed by atoms with Gasteiger partial charge in [-0.15, -0.1) is 0 Å². The molecule has 0 aliphatic rings. The zero-order valence-corrected chi connectivity index (χ0v) is 31.2. The largest absolute Gasteiger partial charge is 0.456 e. The van der Waals surface area contributed by atoms with Crippen LogP contribution in [0.4, 0.5) is 0 Å². The van der Waals surface area contributed by atoms with Crippen molar-refractivity contribution in [3.05, 3.63) is 194 Å². The minimum atomic E-state index is 0.590. The minimum absolute atomic E-state index is 0.590. The molecule has 0 aliphatic carbocycles. The molecule has 9 aromatic carbocycles. The molecule has 3 aromatic heterocycles. The summed E-state index contributed by atoms with van der Waals surface area (Å²) >= 11 is 0. The Bertz CT molecular complexity index is 3570. The average molecular weight is 741 g/mol. The molecule has 0 saturated carbocycles. The summed E-state index contributed by atoms with van der Waals surface area (Å²) in [5.41, 5.74) is 10.1. The maximum absolute atomic E-state index is 6.72. The monoisotopic (exact) mass is 740 g/mol. The lowest BCUT2D eigenvalue weighted by Gasteiger charge is -2.09. The summed E-state index contributed by atoms with van der Waals surface area (Å²) in [6, 6.07) is 68.2. The Labute approximate surface area is 333 Å². The van der Waals surface area contributed by atoms with Gasteiger partial charge in [0.15, 0.2) is 17.5 Å². The summed E-state index contributed by atoms with van der Waals surface area (Å²) in [6.07, 6.45) is 0. The highest BCUT2D eigenvalue weighted by molar-refractivity contribution is 6.15. The fourth-order valence-corrected chi connectivity index (χ4v) is 8.52. The third kappa shape index (κ3) is 5.29. The minimum Gasteiger partial charge on any atom is -0.456 e. The first kappa shape index (κ1) is 32.4. The van der Waals surface area contributed by atoms with E-state index in [9.17, 15) is 0 Å². The van der Waals surface area contributed by atoms with Crippen molar-refractivity contribution in [2.24, 2.45) is 0 Å². The van der Waals surface area contributed by atoms with Gasteiger partial charge in [0.1, 0.15) is 11.2 Å². The molecule has 0 fully saturated rings. The highest BCUT2D eigenvalue weighted by Crippen LogP contribution is 2.39. The van der Waals surface area contributed by atoms with Gasteiger partial charge in [-0.3, -0.25) is 0 Å². The summed E-state index contributed by atoms with van der Waals surface area (Å²) < 4.78 is 9.09. The van der Waals surface area contributed by atoms with E-state index in [1.165, 1.54) is 38.1 Å². The lowest BCUT2D eigenvalue weighted by Crippen LogP contribution is -2.00. The number of hydrogen-bond donors (Lipinski definition) is 0. The first-order chi connectivity index (χ1) is 28.7. The molecule has 0 N–H and O–H groups in total. The topological polar surface area (TPSA) is 56.7 Å². The standard InChI is InChI=1S/C53H32N4O/c1-3-11-33(12-4-1)39-22-26-47-45(29-39)46-28-37-17-9-10-18-38(37)30-48(46)57(47)42-23-25-44-43-24-21-41(31-49(43)58-50(44)32-42)53-55-51(35-14-5-2-6-15-35)54-52(56-53)40-20-19-34-13-7-8-16-36(34)27-40/h1-32H. The van der Waals surface area contributed by atoms with Crippen molar-refractivity contribution >= 4 is 65.3 Å². The molecule has 12 aromatic rings. The fraction of sp³-hybridized carbons (Fsp3) is 0. The average Bonchev–Trinajstić information content (AvgIpc) is 3.82. The molecular weight excluding hydrogens is 709 g/mol.